The van der Waals surface area contributed by atoms with Crippen LogP contribution >= 0.6 is 46.4 Å². The molecule has 2 heterocycles. The van der Waals surface area contributed by atoms with Crippen molar-refractivity contribution in [3.8, 4) is 23.0 Å². The predicted octanol–water partition coefficient (Wildman–Crippen LogP) is 13.7. The average Bonchev–Trinajstić information content (AvgIpc) is 0.784. The van der Waals surface area contributed by atoms with Gasteiger partial charge in [0.1, 0.15) is 107 Å². The smallest absolute Gasteiger partial charge is 0.423 e. The number of benzene rings is 4. The number of nitro benzene ring substituents is 2. The third-order valence-corrected chi connectivity index (χ3v) is 13.9. The lowest BCUT2D eigenvalue weighted by molar-refractivity contribution is -0.385. The maximum Gasteiger partial charge on any atom is 0.423 e. The van der Waals surface area contributed by atoms with Crippen LogP contribution in [0, 0.1) is 20.2 Å². The Morgan fingerprint density at radius 2 is 0.832 bits per heavy atom. The molecule has 0 atom stereocenters. The normalized spacial score (nSPS) is 11.1. The first-order valence-electron chi connectivity index (χ1n) is 27.5. The minimum absolute atomic E-state index is 0.00499. The van der Waals surface area contributed by atoms with E-state index in [0.717, 1.165) is 58.7 Å². The summed E-state index contributed by atoms with van der Waals surface area (Å²) in [6.45, 7) is 14.3. The molecular weight excluding hydrogens is 1340 g/mol. The summed E-state index contributed by atoms with van der Waals surface area (Å²) in [5.41, 5.74) is -4.79. The van der Waals surface area contributed by atoms with Gasteiger partial charge >= 0.3 is 42.3 Å². The highest BCUT2D eigenvalue weighted by Gasteiger charge is 2.40. The van der Waals surface area contributed by atoms with Crippen LogP contribution in [0.2, 0.25) is 20.1 Å². The molecule has 0 radical (unpaired) electrons. The number of amides is 7. The molecule has 0 fully saturated rings. The van der Waals surface area contributed by atoms with Gasteiger partial charge in [-0.05, 0) is 80.5 Å². The number of methoxy groups -OCH3 is 6. The molecule has 6 aromatic rings. The SMILES string of the molecule is COC(=O)c1ccc(Cc2cc(N(C)C(=O)N(C(=O)OC(C)(C)C)c3c(Cl)c(OC)cc(OC)c3Cl)ncn2)c([N+](=O)[O-])c1.COC(=O)c1ccc(N(C(=O)OC(C)(C)C)c2cc(N(C)C(=O)N(C(=O)OC(C)(C)C)c3c(Cl)c(OC)cc(OC)c3Cl)ncn2)c([N+](=O)[O-])c1. The fourth-order valence-electron chi connectivity index (χ4n) is 8.14. The third kappa shape index (κ3) is 18.4. The lowest BCUT2D eigenvalue weighted by atomic mass is 10.0. The second-order valence-electron chi connectivity index (χ2n) is 22.5. The number of anilines is 6. The Balaban J connectivity index is 0.000000348. The maximum absolute atomic E-state index is 14.3. The van der Waals surface area contributed by atoms with E-state index in [1.165, 1.54) is 86.0 Å². The standard InChI is InChI=1S/C32H36Cl2N6O11.C28H29Cl2N5O9/c1-31(2,3)50-29(43)38(18-12-11-17(27(41)49-10)13-19(18)40(45)46)23-15-22(35-16-36-23)37(7)28(42)39(30(44)51-32(4,5)6)26-24(33)20(47-8)14-21(48-9)25(26)34;1-28(2,3)44-27(38)34(24-22(29)19(41-5)13-20(42-6)23(24)30)26(37)33(4)21-12-17(31-14-32-21)10-15-8-9-16(25(36)43-7)11-18(15)35(39)40/h11-16H,1-10H3;8-9,11-14H,10H2,1-7H3. The van der Waals surface area contributed by atoms with Gasteiger partial charge in [-0.15, -0.1) is 0 Å². The van der Waals surface area contributed by atoms with Crippen molar-refractivity contribution in [2.45, 2.75) is 85.5 Å². The first-order valence-corrected chi connectivity index (χ1v) is 29.0. The number of urea groups is 2. The Labute approximate surface area is 563 Å². The van der Waals surface area contributed by atoms with E-state index in [1.807, 2.05) is 0 Å². The van der Waals surface area contributed by atoms with Gasteiger partial charge in [0.25, 0.3) is 11.4 Å². The van der Waals surface area contributed by atoms with Crippen molar-refractivity contribution in [3.05, 3.63) is 136 Å². The second-order valence-corrected chi connectivity index (χ2v) is 24.0. The highest BCUT2D eigenvalue weighted by molar-refractivity contribution is 6.44. The number of halogens is 4. The number of hydrogen-bond donors (Lipinski definition) is 0. The van der Waals surface area contributed by atoms with Gasteiger partial charge in [0.2, 0.25) is 0 Å². The monoisotopic (exact) mass is 1400 g/mol. The van der Waals surface area contributed by atoms with Gasteiger partial charge in [0.15, 0.2) is 0 Å². The molecule has 0 spiro atoms. The fourth-order valence-corrected chi connectivity index (χ4v) is 9.48. The Kier molecular flexibility index (Phi) is 24.8. The largest absolute Gasteiger partial charge is 0.495 e. The molecular formula is C60H65Cl4N11O20. The number of esters is 2. The van der Waals surface area contributed by atoms with E-state index < -0.39 is 74.6 Å². The molecule has 0 aliphatic heterocycles. The number of carbonyl (C=O) groups is 7. The number of nitro groups is 2. The molecule has 4 aromatic carbocycles. The topological polar surface area (TPSA) is 357 Å². The molecule has 7 amide bonds. The molecule has 35 heteroatoms. The van der Waals surface area contributed by atoms with Crippen molar-refractivity contribution in [2.75, 3.05) is 81.3 Å². The van der Waals surface area contributed by atoms with Crippen molar-refractivity contribution < 1.29 is 86.0 Å². The van der Waals surface area contributed by atoms with E-state index in [-0.39, 0.29) is 112 Å². The number of imide groups is 2. The van der Waals surface area contributed by atoms with Crippen molar-refractivity contribution in [1.82, 2.24) is 19.9 Å². The van der Waals surface area contributed by atoms with E-state index in [2.05, 4.69) is 29.4 Å². The van der Waals surface area contributed by atoms with Crippen LogP contribution in [-0.4, -0.2) is 146 Å². The van der Waals surface area contributed by atoms with Gasteiger partial charge < -0.3 is 42.6 Å². The number of hydrogen-bond acceptors (Lipinski definition) is 24. The summed E-state index contributed by atoms with van der Waals surface area (Å²) < 4.78 is 47.1. The van der Waals surface area contributed by atoms with Crippen LogP contribution in [-0.2, 0) is 30.1 Å². The molecule has 95 heavy (non-hydrogen) atoms. The zero-order chi connectivity index (χ0) is 71.5. The van der Waals surface area contributed by atoms with Crippen molar-refractivity contribution in [2.24, 2.45) is 0 Å². The minimum Gasteiger partial charge on any atom is -0.495 e. The molecule has 6 rings (SSSR count). The average molecular weight is 1400 g/mol. The summed E-state index contributed by atoms with van der Waals surface area (Å²) in [6.07, 6.45) is -1.35. The molecule has 0 aliphatic carbocycles. The van der Waals surface area contributed by atoms with Crippen LogP contribution in [0.5, 0.6) is 23.0 Å². The molecule has 0 N–H and O–H groups in total. The quantitative estimate of drug-likeness (QED) is 0.0376. The Morgan fingerprint density at radius 1 is 0.474 bits per heavy atom. The van der Waals surface area contributed by atoms with E-state index >= 15 is 0 Å². The lowest BCUT2D eigenvalue weighted by Gasteiger charge is -2.31. The number of nitrogens with zero attached hydrogens (tertiary/aromatic N) is 11. The zero-order valence-corrected chi connectivity index (χ0v) is 57.3. The van der Waals surface area contributed by atoms with Gasteiger partial charge in [-0.1, -0.05) is 52.5 Å². The van der Waals surface area contributed by atoms with Gasteiger partial charge in [0, 0.05) is 62.5 Å². The molecule has 0 saturated carbocycles. The highest BCUT2D eigenvalue weighted by atomic mass is 35.5. The maximum atomic E-state index is 14.3. The van der Waals surface area contributed by atoms with Crippen LogP contribution in [0.1, 0.15) is 94.3 Å². The summed E-state index contributed by atoms with van der Waals surface area (Å²) in [5, 5.41) is 23.1. The first-order chi connectivity index (χ1) is 44.3. The molecule has 2 aromatic heterocycles. The molecule has 508 valence electrons. The summed E-state index contributed by atoms with van der Waals surface area (Å²) >= 11 is 26.3. The molecule has 0 unspecified atom stereocenters. The van der Waals surface area contributed by atoms with E-state index in [9.17, 15) is 53.8 Å². The van der Waals surface area contributed by atoms with E-state index in [0.29, 0.717) is 9.80 Å². The van der Waals surface area contributed by atoms with Gasteiger partial charge in [0.05, 0.1) is 69.3 Å². The number of rotatable bonds is 16. The molecule has 0 aliphatic rings. The molecule has 0 saturated heterocycles. The summed E-state index contributed by atoms with van der Waals surface area (Å²) in [6, 6.07) is 10.4. The van der Waals surface area contributed by atoms with Crippen LogP contribution in [0.25, 0.3) is 0 Å². The molecule has 0 bridgehead atoms. The minimum atomic E-state index is -1.19. The van der Waals surface area contributed by atoms with Crippen molar-refractivity contribution in [1.29, 1.82) is 0 Å². The van der Waals surface area contributed by atoms with Gasteiger partial charge in [-0.3, -0.25) is 30.0 Å². The van der Waals surface area contributed by atoms with E-state index in [1.54, 1.807) is 62.3 Å². The zero-order valence-electron chi connectivity index (χ0n) is 54.2. The first kappa shape index (κ1) is 75.6. The van der Waals surface area contributed by atoms with Crippen LogP contribution in [0.4, 0.5) is 69.9 Å². The lowest BCUT2D eigenvalue weighted by Crippen LogP contribution is -2.48. The number of ether oxygens (including phenoxy) is 9. The Bertz CT molecular complexity index is 3920. The van der Waals surface area contributed by atoms with Gasteiger partial charge in [-0.2, -0.15) is 9.80 Å². The highest BCUT2D eigenvalue weighted by Crippen LogP contribution is 2.49. The van der Waals surface area contributed by atoms with Crippen LogP contribution in [0.3, 0.4) is 0 Å². The summed E-state index contributed by atoms with van der Waals surface area (Å²) in [7, 11) is 10.1. The number of carbonyl (C=O) groups excluding carboxylic acids is 7. The predicted molar refractivity (Wildman–Crippen MR) is 348 cm³/mol. The Morgan fingerprint density at radius 3 is 1.21 bits per heavy atom. The second kappa shape index (κ2) is 31.2. The van der Waals surface area contributed by atoms with Crippen molar-refractivity contribution in [3.63, 3.8) is 0 Å². The fraction of sp³-hybridized carbons (Fsp3) is 0.350. The molecule has 31 nitrogen and oxygen atoms in total. The van der Waals surface area contributed by atoms with Gasteiger partial charge in [-0.25, -0.2) is 58.4 Å². The van der Waals surface area contributed by atoms with Crippen molar-refractivity contribution >= 4 is 135 Å². The third-order valence-electron chi connectivity index (χ3n) is 12.4. The van der Waals surface area contributed by atoms with Crippen LogP contribution < -0.4 is 43.4 Å². The summed E-state index contributed by atoms with van der Waals surface area (Å²) in [5.74, 6) is -1.94. The van der Waals surface area contributed by atoms with Crippen LogP contribution in [0.15, 0.2) is 73.3 Å². The number of aromatic nitrogens is 4. The summed E-state index contributed by atoms with van der Waals surface area (Å²) in [4.78, 5) is 136. The Hall–Kier alpha value is -10.1. The van der Waals surface area contributed by atoms with E-state index in [4.69, 9.17) is 79.6 Å².